The third-order valence-corrected chi connectivity index (χ3v) is 5.47. The van der Waals surface area contributed by atoms with Gasteiger partial charge in [0, 0.05) is 23.6 Å². The molecule has 0 spiro atoms. The van der Waals surface area contributed by atoms with Crippen LogP contribution < -0.4 is 19.9 Å². The Labute approximate surface area is 189 Å². The normalized spacial score (nSPS) is 10.9. The zero-order valence-corrected chi connectivity index (χ0v) is 19.0. The topological polar surface area (TPSA) is 123 Å². The molecule has 0 aliphatic rings. The molecule has 0 aliphatic carbocycles. The second-order valence-electron chi connectivity index (χ2n) is 6.95. The number of benzene rings is 1. The molecule has 0 saturated heterocycles. The van der Waals surface area contributed by atoms with Crippen LogP contribution in [0.25, 0.3) is 5.82 Å². The van der Waals surface area contributed by atoms with Crippen LogP contribution in [0.4, 0.5) is 5.95 Å². The van der Waals surface area contributed by atoms with Gasteiger partial charge in [0.25, 0.3) is 0 Å². The summed E-state index contributed by atoms with van der Waals surface area (Å²) in [4.78, 5) is 17.7. The minimum absolute atomic E-state index is 0.150. The first kappa shape index (κ1) is 21.5. The summed E-state index contributed by atoms with van der Waals surface area (Å²) in [5.41, 5.74) is 7.84. The molecule has 0 aliphatic heterocycles. The van der Waals surface area contributed by atoms with E-state index < -0.39 is 0 Å². The highest BCUT2D eigenvalue weighted by atomic mass is 32.1. The summed E-state index contributed by atoms with van der Waals surface area (Å²) in [5.74, 6) is 3.54. The van der Waals surface area contributed by atoms with Crippen LogP contribution >= 0.6 is 11.3 Å². The van der Waals surface area contributed by atoms with Crippen LogP contribution in [0.15, 0.2) is 29.6 Å². The number of rotatable bonds is 8. The van der Waals surface area contributed by atoms with E-state index in [0.717, 1.165) is 16.3 Å². The molecule has 1 aromatic carbocycles. The number of nitrogens with zero attached hydrogens (tertiary/aromatic N) is 6. The van der Waals surface area contributed by atoms with E-state index in [4.69, 9.17) is 19.9 Å². The summed E-state index contributed by atoms with van der Waals surface area (Å²) < 4.78 is 18.1. The predicted molar refractivity (Wildman–Crippen MR) is 120 cm³/mol. The molecule has 0 amide bonds. The molecule has 4 aromatic rings. The average Bonchev–Trinajstić information content (AvgIpc) is 3.36. The van der Waals surface area contributed by atoms with Gasteiger partial charge in [0.1, 0.15) is 23.3 Å². The molecule has 3 aromatic heterocycles. The minimum atomic E-state index is 0.150. The SMILES string of the molecule is COc1ccc(Cc2nc(N)nn2-c2cc(OCc3nc(C)cs3)nc(C)n2)cc1OC. The largest absolute Gasteiger partial charge is 0.493 e. The van der Waals surface area contributed by atoms with Crippen molar-refractivity contribution >= 4 is 17.3 Å². The highest BCUT2D eigenvalue weighted by Gasteiger charge is 2.15. The van der Waals surface area contributed by atoms with E-state index in [1.54, 1.807) is 43.2 Å². The molecule has 0 radical (unpaired) electrons. The van der Waals surface area contributed by atoms with Gasteiger partial charge in [0.05, 0.1) is 14.2 Å². The molecule has 0 saturated carbocycles. The third-order valence-electron chi connectivity index (χ3n) is 4.53. The van der Waals surface area contributed by atoms with Crippen LogP contribution in [0.3, 0.4) is 0 Å². The van der Waals surface area contributed by atoms with Crippen molar-refractivity contribution in [2.24, 2.45) is 0 Å². The Morgan fingerprint density at radius 3 is 2.53 bits per heavy atom. The van der Waals surface area contributed by atoms with E-state index in [1.807, 2.05) is 30.5 Å². The molecule has 166 valence electrons. The van der Waals surface area contributed by atoms with Crippen LogP contribution in [0, 0.1) is 13.8 Å². The van der Waals surface area contributed by atoms with Crippen molar-refractivity contribution in [3.05, 3.63) is 57.6 Å². The molecule has 11 heteroatoms. The van der Waals surface area contributed by atoms with Gasteiger partial charge in [-0.2, -0.15) is 14.6 Å². The van der Waals surface area contributed by atoms with Gasteiger partial charge in [0.15, 0.2) is 17.3 Å². The zero-order valence-electron chi connectivity index (χ0n) is 18.2. The van der Waals surface area contributed by atoms with E-state index in [0.29, 0.717) is 47.9 Å². The van der Waals surface area contributed by atoms with Crippen LogP contribution in [0.1, 0.15) is 27.9 Å². The lowest BCUT2D eigenvalue weighted by molar-refractivity contribution is 0.291. The smallest absolute Gasteiger partial charge is 0.240 e. The Kier molecular flexibility index (Phi) is 6.17. The van der Waals surface area contributed by atoms with Gasteiger partial charge in [-0.15, -0.1) is 16.4 Å². The van der Waals surface area contributed by atoms with Gasteiger partial charge < -0.3 is 19.9 Å². The lowest BCUT2D eigenvalue weighted by Gasteiger charge is -2.11. The maximum atomic E-state index is 5.92. The van der Waals surface area contributed by atoms with Crippen LogP contribution in [0.2, 0.25) is 0 Å². The monoisotopic (exact) mass is 453 g/mol. The Bertz CT molecular complexity index is 1240. The van der Waals surface area contributed by atoms with Crippen molar-refractivity contribution < 1.29 is 14.2 Å². The fourth-order valence-electron chi connectivity index (χ4n) is 3.15. The molecule has 0 bridgehead atoms. The lowest BCUT2D eigenvalue weighted by atomic mass is 10.1. The van der Waals surface area contributed by atoms with Crippen molar-refractivity contribution in [3.63, 3.8) is 0 Å². The number of nitrogens with two attached hydrogens (primary N) is 1. The predicted octanol–water partition coefficient (Wildman–Crippen LogP) is 2.90. The van der Waals surface area contributed by atoms with E-state index in [2.05, 4.69) is 25.0 Å². The lowest BCUT2D eigenvalue weighted by Crippen LogP contribution is -2.09. The van der Waals surface area contributed by atoms with Gasteiger partial charge in [-0.25, -0.2) is 9.97 Å². The first-order chi connectivity index (χ1) is 15.4. The molecule has 3 heterocycles. The van der Waals surface area contributed by atoms with Crippen molar-refractivity contribution in [1.29, 1.82) is 0 Å². The quantitative estimate of drug-likeness (QED) is 0.429. The van der Waals surface area contributed by atoms with Crippen molar-refractivity contribution in [2.75, 3.05) is 20.0 Å². The van der Waals surface area contributed by atoms with Gasteiger partial charge in [0.2, 0.25) is 11.8 Å². The van der Waals surface area contributed by atoms with E-state index in [1.165, 1.54) is 0 Å². The van der Waals surface area contributed by atoms with Crippen molar-refractivity contribution in [2.45, 2.75) is 26.9 Å². The number of aromatic nitrogens is 6. The summed E-state index contributed by atoms with van der Waals surface area (Å²) in [7, 11) is 3.20. The number of methoxy groups -OCH3 is 2. The summed E-state index contributed by atoms with van der Waals surface area (Å²) in [5, 5.41) is 7.18. The average molecular weight is 454 g/mol. The van der Waals surface area contributed by atoms with Crippen molar-refractivity contribution in [1.82, 2.24) is 29.7 Å². The maximum Gasteiger partial charge on any atom is 0.240 e. The molecule has 0 fully saturated rings. The number of hydrogen-bond acceptors (Lipinski definition) is 10. The molecule has 32 heavy (non-hydrogen) atoms. The number of thiazole rings is 1. The Morgan fingerprint density at radius 1 is 1.00 bits per heavy atom. The fraction of sp³-hybridized carbons (Fsp3) is 0.286. The van der Waals surface area contributed by atoms with Crippen molar-refractivity contribution in [3.8, 4) is 23.2 Å². The highest BCUT2D eigenvalue weighted by molar-refractivity contribution is 7.09. The zero-order chi connectivity index (χ0) is 22.7. The molecule has 0 atom stereocenters. The summed E-state index contributed by atoms with van der Waals surface area (Å²) in [6.07, 6.45) is 0.461. The third kappa shape index (κ3) is 4.78. The second kappa shape index (κ2) is 9.18. The molecular weight excluding hydrogens is 430 g/mol. The first-order valence-corrected chi connectivity index (χ1v) is 10.7. The second-order valence-corrected chi connectivity index (χ2v) is 7.89. The van der Waals surface area contributed by atoms with E-state index in [-0.39, 0.29) is 5.95 Å². The Hall–Kier alpha value is -3.73. The number of ether oxygens (including phenoxy) is 3. The minimum Gasteiger partial charge on any atom is -0.493 e. The van der Waals surface area contributed by atoms with Gasteiger partial charge in [-0.1, -0.05) is 6.07 Å². The number of hydrogen-bond donors (Lipinski definition) is 1. The molecule has 4 rings (SSSR count). The van der Waals surface area contributed by atoms with Gasteiger partial charge in [-0.3, -0.25) is 0 Å². The molecular formula is C21H23N7O3S. The number of aryl methyl sites for hydroxylation is 2. The molecule has 0 unspecified atom stereocenters. The van der Waals surface area contributed by atoms with E-state index in [9.17, 15) is 0 Å². The Morgan fingerprint density at radius 2 is 1.81 bits per heavy atom. The summed E-state index contributed by atoms with van der Waals surface area (Å²) in [6.45, 7) is 4.06. The molecule has 2 N–H and O–H groups in total. The van der Waals surface area contributed by atoms with E-state index >= 15 is 0 Å². The molecule has 10 nitrogen and oxygen atoms in total. The van der Waals surface area contributed by atoms with Gasteiger partial charge in [-0.05, 0) is 31.5 Å². The maximum absolute atomic E-state index is 5.92. The first-order valence-electron chi connectivity index (χ1n) is 9.77. The van der Waals surface area contributed by atoms with Crippen LogP contribution in [-0.4, -0.2) is 43.9 Å². The van der Waals surface area contributed by atoms with Gasteiger partial charge >= 0.3 is 0 Å². The number of nitrogen functional groups attached to an aromatic ring is 1. The highest BCUT2D eigenvalue weighted by Crippen LogP contribution is 2.28. The summed E-state index contributed by atoms with van der Waals surface area (Å²) >= 11 is 1.54. The standard InChI is InChI=1S/C21H23N7O3S/c1-12-11-32-20(23-12)10-31-19-9-18(24-13(2)25-19)28-17(26-21(22)27-28)8-14-5-6-15(29-3)16(7-14)30-4/h5-7,9,11H,8,10H2,1-4H3,(H2,22,27). The van der Waals surface area contributed by atoms with Crippen LogP contribution in [0.5, 0.6) is 17.4 Å². The fourth-order valence-corrected chi connectivity index (χ4v) is 3.83. The Balaban J connectivity index is 1.61. The van der Waals surface area contributed by atoms with Crippen LogP contribution in [-0.2, 0) is 13.0 Å². The number of anilines is 1. The summed E-state index contributed by atoms with van der Waals surface area (Å²) in [6, 6.07) is 7.38.